The molecule has 0 spiro atoms. The van der Waals surface area contributed by atoms with Crippen molar-refractivity contribution in [3.05, 3.63) is 237 Å². The van der Waals surface area contributed by atoms with E-state index in [1.807, 2.05) is 60.7 Å². The number of fused-ring (bicyclic) bond motifs is 9. The van der Waals surface area contributed by atoms with Gasteiger partial charge in [-0.3, -0.25) is 0 Å². The van der Waals surface area contributed by atoms with Gasteiger partial charge in [-0.25, -0.2) is 15.0 Å². The van der Waals surface area contributed by atoms with Crippen LogP contribution in [0.1, 0.15) is 0 Å². The second-order valence-electron chi connectivity index (χ2n) is 16.8. The summed E-state index contributed by atoms with van der Waals surface area (Å²) >= 11 is 0. The predicted octanol–water partition coefficient (Wildman–Crippen LogP) is 15.6. The Hall–Kier alpha value is -8.93. The quantitative estimate of drug-likeness (QED) is 0.161. The molecular weight excluding hydrogens is 803 g/mol. The molecule has 0 radical (unpaired) electrons. The molecule has 0 bridgehead atoms. The minimum absolute atomic E-state index is 0.619. The van der Waals surface area contributed by atoms with Crippen molar-refractivity contribution in [1.29, 1.82) is 0 Å². The van der Waals surface area contributed by atoms with Crippen molar-refractivity contribution in [3.8, 4) is 67.8 Å². The van der Waals surface area contributed by atoms with Gasteiger partial charge in [-0.15, -0.1) is 0 Å². The number of para-hydroxylation sites is 1. The van der Waals surface area contributed by atoms with Crippen LogP contribution in [0.2, 0.25) is 0 Å². The molecule has 0 atom stereocenters. The molecule has 66 heavy (non-hydrogen) atoms. The topological polar surface area (TPSA) is 48.5 Å². The zero-order valence-corrected chi connectivity index (χ0v) is 35.8. The Kier molecular flexibility index (Phi) is 8.78. The standard InChI is InChI=1S/C61H39N5/c1-5-18-40(19-6-1)46-36-47(41-20-7-2-8-21-41)39-49(38-46)65-53-31-16-15-30-51(53)56-54(65)34-35-55-57(56)52-33-32-42-22-13-14-29-50(42)58(52)66(55)48-28-17-27-45(37-48)61-63-59(43-23-9-3-10-24-43)62-60(64-61)44-25-11-4-12-26-44/h1-39H. The molecule has 0 aliphatic rings. The van der Waals surface area contributed by atoms with E-state index in [4.69, 9.17) is 15.0 Å². The number of benzene rings is 10. The smallest absolute Gasteiger partial charge is 0.164 e. The molecule has 5 heteroatoms. The number of rotatable bonds is 7. The van der Waals surface area contributed by atoms with Crippen LogP contribution in [0.3, 0.4) is 0 Å². The van der Waals surface area contributed by atoms with Crippen molar-refractivity contribution in [2.45, 2.75) is 0 Å². The van der Waals surface area contributed by atoms with Crippen molar-refractivity contribution >= 4 is 54.4 Å². The Morgan fingerprint density at radius 3 is 1.35 bits per heavy atom. The highest BCUT2D eigenvalue weighted by atomic mass is 15.0. The summed E-state index contributed by atoms with van der Waals surface area (Å²) in [5, 5.41) is 7.22. The number of hydrogen-bond acceptors (Lipinski definition) is 3. The lowest BCUT2D eigenvalue weighted by Crippen LogP contribution is -2.01. The fourth-order valence-electron chi connectivity index (χ4n) is 9.93. The normalized spacial score (nSPS) is 11.6. The van der Waals surface area contributed by atoms with E-state index in [0.29, 0.717) is 17.5 Å². The van der Waals surface area contributed by atoms with E-state index in [-0.39, 0.29) is 0 Å². The summed E-state index contributed by atoms with van der Waals surface area (Å²) in [6.07, 6.45) is 0. The fraction of sp³-hybridized carbons (Fsp3) is 0. The second kappa shape index (κ2) is 15.4. The minimum atomic E-state index is 0.619. The Morgan fingerprint density at radius 2 is 0.727 bits per heavy atom. The van der Waals surface area contributed by atoms with Gasteiger partial charge in [0.25, 0.3) is 0 Å². The summed E-state index contributed by atoms with van der Waals surface area (Å²) in [5.74, 6) is 1.89. The molecule has 10 aromatic carbocycles. The summed E-state index contributed by atoms with van der Waals surface area (Å²) in [4.78, 5) is 15.2. The van der Waals surface area contributed by atoms with Crippen molar-refractivity contribution in [2.24, 2.45) is 0 Å². The lowest BCUT2D eigenvalue weighted by Gasteiger charge is -2.14. The van der Waals surface area contributed by atoms with Gasteiger partial charge >= 0.3 is 0 Å². The molecule has 3 heterocycles. The summed E-state index contributed by atoms with van der Waals surface area (Å²) in [7, 11) is 0. The first-order valence-corrected chi connectivity index (χ1v) is 22.4. The SMILES string of the molecule is c1ccc(-c2cc(-c3ccccc3)cc(-n3c4ccccc4c4c5c6ccc7ccccc7c6n(-c6cccc(-c7nc(-c8ccccc8)nc(-c8ccccc8)n7)c6)c5ccc43)c2)cc1. The first kappa shape index (κ1) is 37.6. The van der Waals surface area contributed by atoms with Crippen molar-refractivity contribution in [1.82, 2.24) is 24.1 Å². The molecule has 0 unspecified atom stereocenters. The molecule has 0 aliphatic carbocycles. The zero-order valence-electron chi connectivity index (χ0n) is 35.8. The lowest BCUT2D eigenvalue weighted by molar-refractivity contribution is 1.07. The van der Waals surface area contributed by atoms with Crippen LogP contribution < -0.4 is 0 Å². The fourth-order valence-corrected chi connectivity index (χ4v) is 9.93. The highest BCUT2D eigenvalue weighted by Gasteiger charge is 2.23. The van der Waals surface area contributed by atoms with E-state index in [9.17, 15) is 0 Å². The largest absolute Gasteiger partial charge is 0.309 e. The van der Waals surface area contributed by atoms with Crippen molar-refractivity contribution < 1.29 is 0 Å². The van der Waals surface area contributed by atoms with E-state index in [2.05, 4.69) is 185 Å². The van der Waals surface area contributed by atoms with E-state index in [0.717, 1.165) is 50.1 Å². The van der Waals surface area contributed by atoms with Gasteiger partial charge < -0.3 is 9.13 Å². The molecule has 0 aliphatic heterocycles. The summed E-state index contributed by atoms with van der Waals surface area (Å²) in [6, 6.07) is 84.2. The molecule has 0 N–H and O–H groups in total. The molecular formula is C61H39N5. The summed E-state index contributed by atoms with van der Waals surface area (Å²) < 4.78 is 4.91. The molecule has 5 nitrogen and oxygen atoms in total. The van der Waals surface area contributed by atoms with Gasteiger partial charge in [0.05, 0.1) is 22.1 Å². The van der Waals surface area contributed by atoms with Gasteiger partial charge in [-0.05, 0) is 76.2 Å². The minimum Gasteiger partial charge on any atom is -0.309 e. The van der Waals surface area contributed by atoms with Gasteiger partial charge in [-0.2, -0.15) is 0 Å². The van der Waals surface area contributed by atoms with Gasteiger partial charge in [0.15, 0.2) is 17.5 Å². The van der Waals surface area contributed by atoms with E-state index in [1.165, 1.54) is 54.6 Å². The Bertz CT molecular complexity index is 3850. The van der Waals surface area contributed by atoms with Crippen LogP contribution in [-0.4, -0.2) is 24.1 Å². The third-order valence-electron chi connectivity index (χ3n) is 12.9. The van der Waals surface area contributed by atoms with Crippen molar-refractivity contribution in [3.63, 3.8) is 0 Å². The molecule has 3 aromatic heterocycles. The van der Waals surface area contributed by atoms with Crippen LogP contribution in [0.5, 0.6) is 0 Å². The van der Waals surface area contributed by atoms with Gasteiger partial charge in [0.1, 0.15) is 0 Å². The average Bonchev–Trinajstić information content (AvgIpc) is 3.93. The molecule has 13 rings (SSSR count). The Labute approximate surface area is 381 Å². The highest BCUT2D eigenvalue weighted by molar-refractivity contribution is 6.31. The molecule has 0 saturated heterocycles. The monoisotopic (exact) mass is 841 g/mol. The lowest BCUT2D eigenvalue weighted by atomic mass is 9.98. The maximum Gasteiger partial charge on any atom is 0.164 e. The molecule has 13 aromatic rings. The van der Waals surface area contributed by atoms with Gasteiger partial charge in [-0.1, -0.05) is 188 Å². The van der Waals surface area contributed by atoms with Crippen LogP contribution >= 0.6 is 0 Å². The molecule has 0 amide bonds. The van der Waals surface area contributed by atoms with Crippen LogP contribution in [0, 0.1) is 0 Å². The number of hydrogen-bond donors (Lipinski definition) is 0. The van der Waals surface area contributed by atoms with Crippen LogP contribution in [0.4, 0.5) is 0 Å². The third-order valence-corrected chi connectivity index (χ3v) is 12.9. The molecule has 308 valence electrons. The first-order chi connectivity index (χ1) is 32.7. The molecule has 0 fully saturated rings. The second-order valence-corrected chi connectivity index (χ2v) is 16.8. The average molecular weight is 842 g/mol. The zero-order chi connectivity index (χ0) is 43.6. The summed E-state index contributed by atoms with van der Waals surface area (Å²) in [6.45, 7) is 0. The van der Waals surface area contributed by atoms with Crippen molar-refractivity contribution in [2.75, 3.05) is 0 Å². The maximum absolute atomic E-state index is 5.12. The third kappa shape index (κ3) is 6.21. The molecule has 0 saturated carbocycles. The number of aromatic nitrogens is 5. The maximum atomic E-state index is 5.12. The Morgan fingerprint density at radius 1 is 0.258 bits per heavy atom. The number of nitrogens with zero attached hydrogens (tertiary/aromatic N) is 5. The van der Waals surface area contributed by atoms with Gasteiger partial charge in [0.2, 0.25) is 0 Å². The van der Waals surface area contributed by atoms with Crippen LogP contribution in [0.25, 0.3) is 122 Å². The van der Waals surface area contributed by atoms with E-state index in [1.54, 1.807) is 0 Å². The van der Waals surface area contributed by atoms with E-state index >= 15 is 0 Å². The van der Waals surface area contributed by atoms with Crippen LogP contribution in [0.15, 0.2) is 237 Å². The van der Waals surface area contributed by atoms with E-state index < -0.39 is 0 Å². The van der Waals surface area contributed by atoms with Crippen LogP contribution in [-0.2, 0) is 0 Å². The predicted molar refractivity (Wildman–Crippen MR) is 273 cm³/mol. The van der Waals surface area contributed by atoms with Gasteiger partial charge in [0, 0.05) is 55.0 Å². The summed E-state index contributed by atoms with van der Waals surface area (Å²) in [5.41, 5.74) is 14.2. The Balaban J connectivity index is 1.08. The first-order valence-electron chi connectivity index (χ1n) is 22.4. The highest BCUT2D eigenvalue weighted by Crippen LogP contribution is 2.45.